The lowest BCUT2D eigenvalue weighted by atomic mass is 10.0. The standard InChI is InChI=1S/C31H38BrN3O6S/c1-6-22(2)33-31(37)28(18-23-10-8-7-9-11-23)34(20-24-12-14-25(32)15-13-24)30(36)21-35(42(5,38)39)27-17-16-26(40-3)19-29(27)41-4/h7-17,19,22,28H,6,18,20-21H2,1-5H3,(H,33,37)/t22-,28+/m0/s1. The molecule has 3 aromatic rings. The molecule has 0 heterocycles. The summed E-state index contributed by atoms with van der Waals surface area (Å²) in [5, 5.41) is 3.02. The summed E-state index contributed by atoms with van der Waals surface area (Å²) < 4.78 is 38.7. The molecule has 0 fully saturated rings. The minimum atomic E-state index is -3.95. The van der Waals surface area contributed by atoms with Crippen molar-refractivity contribution in [3.63, 3.8) is 0 Å². The monoisotopic (exact) mass is 659 g/mol. The van der Waals surface area contributed by atoms with Gasteiger partial charge in [-0.2, -0.15) is 0 Å². The molecule has 0 aliphatic carbocycles. The quantitative estimate of drug-likeness (QED) is 0.267. The zero-order valence-electron chi connectivity index (χ0n) is 24.5. The maximum atomic E-state index is 14.2. The van der Waals surface area contributed by atoms with Gasteiger partial charge in [0.25, 0.3) is 0 Å². The van der Waals surface area contributed by atoms with Gasteiger partial charge >= 0.3 is 0 Å². The Morgan fingerprint density at radius 2 is 1.62 bits per heavy atom. The summed E-state index contributed by atoms with van der Waals surface area (Å²) in [6.07, 6.45) is 1.99. The molecule has 3 rings (SSSR count). The van der Waals surface area contributed by atoms with Crippen molar-refractivity contribution in [2.45, 2.75) is 45.3 Å². The van der Waals surface area contributed by atoms with Gasteiger partial charge in [-0.05, 0) is 48.7 Å². The predicted molar refractivity (Wildman–Crippen MR) is 168 cm³/mol. The zero-order valence-corrected chi connectivity index (χ0v) is 26.9. The van der Waals surface area contributed by atoms with Crippen LogP contribution in [0.25, 0.3) is 0 Å². The van der Waals surface area contributed by atoms with E-state index in [0.29, 0.717) is 12.2 Å². The molecule has 226 valence electrons. The fourth-order valence-electron chi connectivity index (χ4n) is 4.37. The molecule has 0 saturated heterocycles. The van der Waals surface area contributed by atoms with E-state index in [4.69, 9.17) is 9.47 Å². The van der Waals surface area contributed by atoms with Crippen molar-refractivity contribution in [2.75, 3.05) is 31.3 Å². The average Bonchev–Trinajstić information content (AvgIpc) is 2.98. The fourth-order valence-corrected chi connectivity index (χ4v) is 5.48. The molecule has 42 heavy (non-hydrogen) atoms. The molecule has 1 N–H and O–H groups in total. The summed E-state index contributed by atoms with van der Waals surface area (Å²) in [7, 11) is -1.04. The number of nitrogens with zero attached hydrogens (tertiary/aromatic N) is 2. The van der Waals surface area contributed by atoms with Crippen molar-refractivity contribution in [3.05, 3.63) is 88.4 Å². The second-order valence-electron chi connectivity index (χ2n) is 9.98. The van der Waals surface area contributed by atoms with Crippen molar-refractivity contribution in [2.24, 2.45) is 0 Å². The predicted octanol–water partition coefficient (Wildman–Crippen LogP) is 4.79. The largest absolute Gasteiger partial charge is 0.497 e. The average molecular weight is 661 g/mol. The van der Waals surface area contributed by atoms with Gasteiger partial charge in [0.15, 0.2) is 0 Å². The Labute approximate surface area is 257 Å². The zero-order chi connectivity index (χ0) is 30.9. The summed E-state index contributed by atoms with van der Waals surface area (Å²) in [5.41, 5.74) is 1.84. The van der Waals surface area contributed by atoms with E-state index in [1.807, 2.05) is 68.4 Å². The van der Waals surface area contributed by atoms with Crippen LogP contribution in [0.4, 0.5) is 5.69 Å². The van der Waals surface area contributed by atoms with Crippen LogP contribution in [-0.2, 0) is 32.6 Å². The molecule has 0 aliphatic heterocycles. The Kier molecular flexibility index (Phi) is 11.8. The first kappa shape index (κ1) is 32.9. The topological polar surface area (TPSA) is 105 Å². The number of halogens is 1. The van der Waals surface area contributed by atoms with Crippen LogP contribution >= 0.6 is 15.9 Å². The number of carbonyl (C=O) groups is 2. The van der Waals surface area contributed by atoms with E-state index < -0.39 is 28.5 Å². The molecule has 2 amide bonds. The van der Waals surface area contributed by atoms with Crippen LogP contribution in [0.15, 0.2) is 77.3 Å². The fraction of sp³-hybridized carbons (Fsp3) is 0.355. The van der Waals surface area contributed by atoms with Gasteiger partial charge in [0.2, 0.25) is 21.8 Å². The molecule has 0 saturated carbocycles. The third-order valence-electron chi connectivity index (χ3n) is 6.87. The van der Waals surface area contributed by atoms with E-state index >= 15 is 0 Å². The number of amides is 2. The first-order valence-electron chi connectivity index (χ1n) is 13.5. The number of hydrogen-bond acceptors (Lipinski definition) is 6. The minimum Gasteiger partial charge on any atom is -0.497 e. The summed E-state index contributed by atoms with van der Waals surface area (Å²) in [6.45, 7) is 3.42. The Morgan fingerprint density at radius 1 is 0.952 bits per heavy atom. The third kappa shape index (κ3) is 8.96. The van der Waals surface area contributed by atoms with Crippen molar-refractivity contribution in [1.29, 1.82) is 0 Å². The smallest absolute Gasteiger partial charge is 0.244 e. The molecule has 0 spiro atoms. The molecular formula is C31H38BrN3O6S. The molecule has 0 aliphatic rings. The number of hydrogen-bond donors (Lipinski definition) is 1. The Hall–Kier alpha value is -3.57. The van der Waals surface area contributed by atoms with Gasteiger partial charge < -0.3 is 19.7 Å². The van der Waals surface area contributed by atoms with E-state index in [1.165, 1.54) is 25.2 Å². The van der Waals surface area contributed by atoms with Crippen LogP contribution in [-0.4, -0.2) is 64.2 Å². The highest BCUT2D eigenvalue weighted by Crippen LogP contribution is 2.34. The number of carbonyl (C=O) groups excluding carboxylic acids is 2. The number of ether oxygens (including phenoxy) is 2. The molecule has 0 bridgehead atoms. The Balaban J connectivity index is 2.09. The summed E-state index contributed by atoms with van der Waals surface area (Å²) in [4.78, 5) is 29.4. The SMILES string of the molecule is CC[C@H](C)NC(=O)[C@@H](Cc1ccccc1)N(Cc1ccc(Br)cc1)C(=O)CN(c1ccc(OC)cc1OC)S(C)(=O)=O. The normalized spacial score (nSPS) is 12.6. The lowest BCUT2D eigenvalue weighted by Gasteiger charge is -2.34. The van der Waals surface area contributed by atoms with Crippen LogP contribution in [0.2, 0.25) is 0 Å². The van der Waals surface area contributed by atoms with Crippen LogP contribution in [0, 0.1) is 0 Å². The molecule has 0 unspecified atom stereocenters. The molecule has 2 atom stereocenters. The van der Waals surface area contributed by atoms with Crippen molar-refractivity contribution >= 4 is 43.5 Å². The molecule has 0 radical (unpaired) electrons. The maximum Gasteiger partial charge on any atom is 0.244 e. The Bertz CT molecular complexity index is 1450. The van der Waals surface area contributed by atoms with Crippen molar-refractivity contribution < 1.29 is 27.5 Å². The van der Waals surface area contributed by atoms with E-state index in [1.54, 1.807) is 12.1 Å². The Morgan fingerprint density at radius 3 is 2.19 bits per heavy atom. The number of anilines is 1. The maximum absolute atomic E-state index is 14.2. The highest BCUT2D eigenvalue weighted by molar-refractivity contribution is 9.10. The van der Waals surface area contributed by atoms with Gasteiger partial charge in [-0.15, -0.1) is 0 Å². The second-order valence-corrected chi connectivity index (χ2v) is 12.8. The second kappa shape index (κ2) is 15.1. The summed E-state index contributed by atoms with van der Waals surface area (Å²) in [5.74, 6) is -0.160. The van der Waals surface area contributed by atoms with Crippen LogP contribution in [0.3, 0.4) is 0 Å². The lowest BCUT2D eigenvalue weighted by Crippen LogP contribution is -2.54. The minimum absolute atomic E-state index is 0.0922. The van der Waals surface area contributed by atoms with Crippen molar-refractivity contribution in [1.82, 2.24) is 10.2 Å². The van der Waals surface area contributed by atoms with Gasteiger partial charge in [0.05, 0.1) is 26.2 Å². The van der Waals surface area contributed by atoms with E-state index in [0.717, 1.165) is 26.2 Å². The molecule has 9 nitrogen and oxygen atoms in total. The van der Waals surface area contributed by atoms with Crippen LogP contribution < -0.4 is 19.1 Å². The third-order valence-corrected chi connectivity index (χ3v) is 8.53. The molecule has 0 aromatic heterocycles. The van der Waals surface area contributed by atoms with E-state index in [9.17, 15) is 18.0 Å². The molecule has 11 heteroatoms. The number of rotatable bonds is 14. The molecule has 3 aromatic carbocycles. The van der Waals surface area contributed by atoms with E-state index in [-0.39, 0.29) is 36.4 Å². The highest BCUT2D eigenvalue weighted by atomic mass is 79.9. The number of sulfonamides is 1. The summed E-state index contributed by atoms with van der Waals surface area (Å²) in [6, 6.07) is 20.5. The summed E-state index contributed by atoms with van der Waals surface area (Å²) >= 11 is 3.44. The first-order valence-corrected chi connectivity index (χ1v) is 16.2. The van der Waals surface area contributed by atoms with Gasteiger partial charge in [-0.25, -0.2) is 8.42 Å². The van der Waals surface area contributed by atoms with Crippen LogP contribution in [0.1, 0.15) is 31.4 Å². The van der Waals surface area contributed by atoms with Gasteiger partial charge in [0.1, 0.15) is 24.1 Å². The number of nitrogens with one attached hydrogen (secondary N) is 1. The number of benzene rings is 3. The highest BCUT2D eigenvalue weighted by Gasteiger charge is 2.34. The van der Waals surface area contributed by atoms with Gasteiger partial charge in [-0.3, -0.25) is 13.9 Å². The van der Waals surface area contributed by atoms with Gasteiger partial charge in [0, 0.05) is 29.5 Å². The van der Waals surface area contributed by atoms with Crippen LogP contribution in [0.5, 0.6) is 11.5 Å². The van der Waals surface area contributed by atoms with E-state index in [2.05, 4.69) is 21.2 Å². The lowest BCUT2D eigenvalue weighted by molar-refractivity contribution is -0.140. The first-order chi connectivity index (χ1) is 20.0. The number of methoxy groups -OCH3 is 2. The van der Waals surface area contributed by atoms with Crippen molar-refractivity contribution in [3.8, 4) is 11.5 Å². The van der Waals surface area contributed by atoms with Gasteiger partial charge in [-0.1, -0.05) is 65.3 Å². The molecular weight excluding hydrogens is 622 g/mol.